The SMILES string of the molecule is CNC(=O)CNc1cc(F)c(Cl)cc1[N+](=O)[O-]. The molecule has 0 spiro atoms. The zero-order chi connectivity index (χ0) is 13.0. The van der Waals surface area contributed by atoms with Gasteiger partial charge in [-0.1, -0.05) is 11.6 Å². The van der Waals surface area contributed by atoms with E-state index in [9.17, 15) is 19.3 Å². The molecule has 1 aromatic carbocycles. The number of halogens is 2. The first-order valence-electron chi connectivity index (χ1n) is 4.53. The van der Waals surface area contributed by atoms with Gasteiger partial charge < -0.3 is 10.6 Å². The van der Waals surface area contributed by atoms with Gasteiger partial charge in [-0.05, 0) is 0 Å². The van der Waals surface area contributed by atoms with Crippen LogP contribution in [-0.4, -0.2) is 24.4 Å². The third-order valence-corrected chi connectivity index (χ3v) is 2.24. The van der Waals surface area contributed by atoms with Crippen molar-refractivity contribution in [2.24, 2.45) is 0 Å². The van der Waals surface area contributed by atoms with Crippen LogP contribution in [-0.2, 0) is 4.79 Å². The van der Waals surface area contributed by atoms with E-state index in [0.717, 1.165) is 12.1 Å². The third kappa shape index (κ3) is 3.28. The Labute approximate surface area is 101 Å². The summed E-state index contributed by atoms with van der Waals surface area (Å²) < 4.78 is 13.1. The molecular formula is C9H9ClFN3O3. The summed E-state index contributed by atoms with van der Waals surface area (Å²) in [7, 11) is 1.42. The molecule has 0 aliphatic carbocycles. The van der Waals surface area contributed by atoms with Crippen LogP contribution in [0.25, 0.3) is 0 Å². The van der Waals surface area contributed by atoms with Crippen LogP contribution in [0.15, 0.2) is 12.1 Å². The van der Waals surface area contributed by atoms with Crippen LogP contribution in [0.5, 0.6) is 0 Å². The van der Waals surface area contributed by atoms with Gasteiger partial charge in [-0.15, -0.1) is 0 Å². The first kappa shape index (κ1) is 13.2. The third-order valence-electron chi connectivity index (χ3n) is 1.95. The van der Waals surface area contributed by atoms with Gasteiger partial charge in [0.25, 0.3) is 5.69 Å². The minimum atomic E-state index is -0.795. The number of benzene rings is 1. The molecule has 1 aromatic rings. The summed E-state index contributed by atoms with van der Waals surface area (Å²) in [6.07, 6.45) is 0. The lowest BCUT2D eigenvalue weighted by atomic mass is 10.2. The van der Waals surface area contributed by atoms with Gasteiger partial charge in [0.15, 0.2) is 0 Å². The standard InChI is InChI=1S/C9H9ClFN3O3/c1-12-9(15)4-13-7-3-6(11)5(10)2-8(7)14(16)17/h2-3,13H,4H2,1H3,(H,12,15). The van der Waals surface area contributed by atoms with Gasteiger partial charge in [0.05, 0.1) is 16.5 Å². The maximum atomic E-state index is 13.1. The molecule has 0 saturated carbocycles. The van der Waals surface area contributed by atoms with E-state index in [1.165, 1.54) is 7.05 Å². The van der Waals surface area contributed by atoms with E-state index in [1.54, 1.807) is 0 Å². The summed E-state index contributed by atoms with van der Waals surface area (Å²) in [6, 6.07) is 1.77. The molecule has 1 amide bonds. The van der Waals surface area contributed by atoms with E-state index in [0.29, 0.717) is 0 Å². The Bertz CT molecular complexity index is 467. The van der Waals surface area contributed by atoms with Crippen LogP contribution in [0.2, 0.25) is 5.02 Å². The molecule has 8 heteroatoms. The van der Waals surface area contributed by atoms with E-state index in [1.807, 2.05) is 0 Å². The van der Waals surface area contributed by atoms with Crippen molar-refractivity contribution in [1.82, 2.24) is 5.32 Å². The van der Waals surface area contributed by atoms with Crippen LogP contribution in [0.1, 0.15) is 0 Å². The highest BCUT2D eigenvalue weighted by molar-refractivity contribution is 6.31. The molecule has 92 valence electrons. The first-order chi connectivity index (χ1) is 7.95. The normalized spacial score (nSPS) is 9.82. The highest BCUT2D eigenvalue weighted by atomic mass is 35.5. The summed E-state index contributed by atoms with van der Waals surface area (Å²) in [6.45, 7) is -0.196. The van der Waals surface area contributed by atoms with E-state index < -0.39 is 10.7 Å². The predicted octanol–water partition coefficient (Wildman–Crippen LogP) is 1.55. The fraction of sp³-hybridized carbons (Fsp3) is 0.222. The van der Waals surface area contributed by atoms with Crippen LogP contribution in [0.4, 0.5) is 15.8 Å². The smallest absolute Gasteiger partial charge is 0.294 e. The molecular weight excluding hydrogens is 253 g/mol. The van der Waals surface area contributed by atoms with Gasteiger partial charge in [-0.3, -0.25) is 14.9 Å². The summed E-state index contributed by atoms with van der Waals surface area (Å²) >= 11 is 5.43. The van der Waals surface area contributed by atoms with Crippen molar-refractivity contribution >= 4 is 28.9 Å². The molecule has 0 fully saturated rings. The Balaban J connectivity index is 3.00. The second kappa shape index (κ2) is 5.44. The van der Waals surface area contributed by atoms with Crippen LogP contribution < -0.4 is 10.6 Å². The Kier molecular flexibility index (Phi) is 4.22. The lowest BCUT2D eigenvalue weighted by Crippen LogP contribution is -2.26. The highest BCUT2D eigenvalue weighted by Crippen LogP contribution is 2.30. The minimum Gasteiger partial charge on any atom is -0.370 e. The fourth-order valence-electron chi connectivity index (χ4n) is 1.09. The van der Waals surface area contributed by atoms with Gasteiger partial charge in [0.1, 0.15) is 11.5 Å². The quantitative estimate of drug-likeness (QED) is 0.636. The first-order valence-corrected chi connectivity index (χ1v) is 4.91. The molecule has 0 radical (unpaired) electrons. The molecule has 2 N–H and O–H groups in total. The zero-order valence-electron chi connectivity index (χ0n) is 8.79. The van der Waals surface area contributed by atoms with Crippen LogP contribution in [0.3, 0.4) is 0 Å². The number of likely N-dealkylation sites (N-methyl/N-ethyl adjacent to an activating group) is 1. The molecule has 0 saturated heterocycles. The predicted molar refractivity (Wildman–Crippen MR) is 60.6 cm³/mol. The van der Waals surface area contributed by atoms with Crippen molar-refractivity contribution in [3.8, 4) is 0 Å². The molecule has 0 aliphatic heterocycles. The largest absolute Gasteiger partial charge is 0.370 e. The van der Waals surface area contributed by atoms with Crippen LogP contribution in [0, 0.1) is 15.9 Å². The Morgan fingerprint density at radius 1 is 1.59 bits per heavy atom. The molecule has 0 bridgehead atoms. The summed E-state index contributed by atoms with van der Waals surface area (Å²) in [4.78, 5) is 20.9. The molecule has 6 nitrogen and oxygen atoms in total. The van der Waals surface area contributed by atoms with Gasteiger partial charge in [0.2, 0.25) is 5.91 Å². The number of nitro groups is 1. The summed E-state index contributed by atoms with van der Waals surface area (Å²) in [5.74, 6) is -1.17. The van der Waals surface area contributed by atoms with E-state index in [4.69, 9.17) is 11.6 Å². The number of rotatable bonds is 4. The van der Waals surface area contributed by atoms with Crippen molar-refractivity contribution < 1.29 is 14.1 Å². The summed E-state index contributed by atoms with van der Waals surface area (Å²) in [5, 5.41) is 15.1. The van der Waals surface area contributed by atoms with Gasteiger partial charge in [-0.2, -0.15) is 0 Å². The Morgan fingerprint density at radius 3 is 2.76 bits per heavy atom. The fourth-order valence-corrected chi connectivity index (χ4v) is 1.25. The van der Waals surface area contributed by atoms with Crippen molar-refractivity contribution in [2.45, 2.75) is 0 Å². The molecule has 0 unspecified atom stereocenters. The zero-order valence-corrected chi connectivity index (χ0v) is 9.55. The maximum Gasteiger partial charge on any atom is 0.294 e. The lowest BCUT2D eigenvalue weighted by molar-refractivity contribution is -0.384. The molecule has 0 heterocycles. The number of anilines is 1. The van der Waals surface area contributed by atoms with Crippen molar-refractivity contribution in [1.29, 1.82) is 0 Å². The molecule has 0 aromatic heterocycles. The van der Waals surface area contributed by atoms with E-state index in [-0.39, 0.29) is 28.8 Å². The molecule has 0 atom stereocenters. The lowest BCUT2D eigenvalue weighted by Gasteiger charge is -2.07. The number of nitrogens with zero attached hydrogens (tertiary/aromatic N) is 1. The highest BCUT2D eigenvalue weighted by Gasteiger charge is 2.17. The van der Waals surface area contributed by atoms with Crippen LogP contribution >= 0.6 is 11.6 Å². The number of nitro benzene ring substituents is 1. The minimum absolute atomic E-state index is 0.0968. The van der Waals surface area contributed by atoms with E-state index in [2.05, 4.69) is 10.6 Å². The summed E-state index contributed by atoms with van der Waals surface area (Å²) in [5.41, 5.74) is -0.485. The number of carbonyl (C=O) groups is 1. The second-order valence-electron chi connectivity index (χ2n) is 3.07. The van der Waals surface area contributed by atoms with Crippen molar-refractivity contribution in [2.75, 3.05) is 18.9 Å². The number of carbonyl (C=O) groups excluding carboxylic acids is 1. The number of hydrogen-bond acceptors (Lipinski definition) is 4. The number of hydrogen-bond donors (Lipinski definition) is 2. The number of amides is 1. The van der Waals surface area contributed by atoms with E-state index >= 15 is 0 Å². The molecule has 0 aliphatic rings. The van der Waals surface area contributed by atoms with Crippen molar-refractivity contribution in [3.63, 3.8) is 0 Å². The molecule has 1 rings (SSSR count). The van der Waals surface area contributed by atoms with Crippen molar-refractivity contribution in [3.05, 3.63) is 33.1 Å². The average molecular weight is 262 g/mol. The Morgan fingerprint density at radius 2 is 2.24 bits per heavy atom. The molecule has 17 heavy (non-hydrogen) atoms. The second-order valence-corrected chi connectivity index (χ2v) is 3.47. The average Bonchev–Trinajstić information content (AvgIpc) is 2.29. The van der Waals surface area contributed by atoms with Gasteiger partial charge >= 0.3 is 0 Å². The maximum absolute atomic E-state index is 13.1. The number of nitrogens with one attached hydrogen (secondary N) is 2. The van der Waals surface area contributed by atoms with Gasteiger partial charge in [-0.25, -0.2) is 4.39 Å². The van der Waals surface area contributed by atoms with Gasteiger partial charge in [0, 0.05) is 19.2 Å². The monoisotopic (exact) mass is 261 g/mol. The Hall–Kier alpha value is -1.89. The topological polar surface area (TPSA) is 84.3 Å².